The minimum absolute atomic E-state index is 0.0246. The van der Waals surface area contributed by atoms with Crippen LogP contribution in [0, 0.1) is 0 Å². The lowest BCUT2D eigenvalue weighted by molar-refractivity contribution is -0.138. The number of carbonyl (C=O) groups is 1. The molecule has 0 radical (unpaired) electrons. The SMILES string of the molecule is C[C@]1(O)CCN(c2ccc(-n3ncc4c(=O)n(CC5(O)CCN(C(=O)C[C@H](C(F)F)n6cccn6)CC5)cnc43)cc2)C1. The third kappa shape index (κ3) is 5.89. The summed E-state index contributed by atoms with van der Waals surface area (Å²) in [6.07, 6.45) is 3.55. The van der Waals surface area contributed by atoms with Gasteiger partial charge >= 0.3 is 0 Å². The number of benzene rings is 1. The van der Waals surface area contributed by atoms with Crippen molar-refractivity contribution in [3.05, 3.63) is 65.6 Å². The van der Waals surface area contributed by atoms with Crippen molar-refractivity contribution in [2.45, 2.75) is 62.8 Å². The predicted molar refractivity (Wildman–Crippen MR) is 153 cm³/mol. The number of carbonyl (C=O) groups excluding carboxylic acids is 1. The first-order valence-corrected chi connectivity index (χ1v) is 14.3. The van der Waals surface area contributed by atoms with Gasteiger partial charge in [-0.3, -0.25) is 18.8 Å². The molecule has 5 heterocycles. The first kappa shape index (κ1) is 28.9. The van der Waals surface area contributed by atoms with E-state index in [1.54, 1.807) is 4.68 Å². The van der Waals surface area contributed by atoms with Crippen LogP contribution in [-0.2, 0) is 11.3 Å². The Labute approximate surface area is 245 Å². The molecule has 228 valence electrons. The van der Waals surface area contributed by atoms with Gasteiger partial charge in [-0.15, -0.1) is 0 Å². The number of piperidine rings is 1. The minimum atomic E-state index is -2.75. The number of aliphatic hydroxyl groups is 2. The molecule has 2 atom stereocenters. The van der Waals surface area contributed by atoms with Crippen molar-refractivity contribution < 1.29 is 23.8 Å². The van der Waals surface area contributed by atoms with Crippen LogP contribution in [0.4, 0.5) is 14.5 Å². The van der Waals surface area contributed by atoms with Crippen molar-refractivity contribution >= 4 is 22.6 Å². The highest BCUT2D eigenvalue weighted by Gasteiger charge is 2.36. The number of hydrogen-bond acceptors (Lipinski definition) is 8. The summed E-state index contributed by atoms with van der Waals surface area (Å²) in [4.78, 5) is 34.2. The maximum atomic E-state index is 13.6. The number of aromatic nitrogens is 6. The topological polar surface area (TPSA) is 135 Å². The van der Waals surface area contributed by atoms with E-state index in [1.807, 2.05) is 31.2 Å². The Morgan fingerprint density at radius 2 is 1.77 bits per heavy atom. The lowest BCUT2D eigenvalue weighted by Crippen LogP contribution is -2.50. The van der Waals surface area contributed by atoms with Crippen molar-refractivity contribution in [1.29, 1.82) is 0 Å². The molecule has 3 aromatic heterocycles. The van der Waals surface area contributed by atoms with Crippen LogP contribution in [0.1, 0.15) is 38.6 Å². The zero-order chi connectivity index (χ0) is 30.4. The van der Waals surface area contributed by atoms with Gasteiger partial charge in [0.15, 0.2) is 5.65 Å². The molecule has 2 aliphatic heterocycles. The van der Waals surface area contributed by atoms with E-state index in [0.29, 0.717) is 24.0 Å². The van der Waals surface area contributed by atoms with E-state index in [0.717, 1.165) is 22.6 Å². The number of likely N-dealkylation sites (tertiary alicyclic amines) is 1. The molecule has 0 aliphatic carbocycles. The molecule has 0 unspecified atom stereocenters. The third-order valence-corrected chi connectivity index (χ3v) is 8.52. The van der Waals surface area contributed by atoms with Crippen LogP contribution >= 0.6 is 0 Å². The van der Waals surface area contributed by atoms with Gasteiger partial charge in [0.05, 0.1) is 36.1 Å². The highest BCUT2D eigenvalue weighted by atomic mass is 19.3. The Hall–Kier alpha value is -4.17. The minimum Gasteiger partial charge on any atom is -0.388 e. The van der Waals surface area contributed by atoms with Gasteiger partial charge < -0.3 is 20.0 Å². The van der Waals surface area contributed by atoms with E-state index in [-0.39, 0.29) is 38.0 Å². The van der Waals surface area contributed by atoms with Gasteiger partial charge in [0, 0.05) is 44.3 Å². The molecule has 1 aromatic carbocycles. The van der Waals surface area contributed by atoms with Gasteiger partial charge in [0.2, 0.25) is 5.91 Å². The fraction of sp³-hybridized carbons (Fsp3) is 0.483. The number of rotatable bonds is 8. The van der Waals surface area contributed by atoms with E-state index in [9.17, 15) is 28.6 Å². The van der Waals surface area contributed by atoms with Crippen molar-refractivity contribution in [3.63, 3.8) is 0 Å². The summed E-state index contributed by atoms with van der Waals surface area (Å²) in [5, 5.41) is 30.1. The molecule has 2 fully saturated rings. The Balaban J connectivity index is 1.11. The first-order chi connectivity index (χ1) is 20.5. The maximum absolute atomic E-state index is 13.6. The second-order valence-corrected chi connectivity index (χ2v) is 11.9. The molecule has 2 saturated heterocycles. The normalized spacial score (nSPS) is 21.2. The van der Waals surface area contributed by atoms with Crippen molar-refractivity contribution in [2.24, 2.45) is 0 Å². The van der Waals surface area contributed by atoms with Crippen LogP contribution < -0.4 is 10.5 Å². The second-order valence-electron chi connectivity index (χ2n) is 11.9. The molecule has 4 aromatic rings. The van der Waals surface area contributed by atoms with Crippen molar-refractivity contribution in [1.82, 2.24) is 34.0 Å². The Kier molecular flexibility index (Phi) is 7.50. The summed E-state index contributed by atoms with van der Waals surface area (Å²) < 4.78 is 31.2. The van der Waals surface area contributed by atoms with Crippen LogP contribution in [0.15, 0.2) is 60.0 Å². The maximum Gasteiger partial charge on any atom is 0.264 e. The molecule has 2 aliphatic rings. The van der Waals surface area contributed by atoms with Crippen LogP contribution in [0.2, 0.25) is 0 Å². The Morgan fingerprint density at radius 3 is 2.40 bits per heavy atom. The number of amides is 1. The largest absolute Gasteiger partial charge is 0.388 e. The fourth-order valence-corrected chi connectivity index (χ4v) is 5.95. The average Bonchev–Trinajstić information content (AvgIpc) is 3.74. The van der Waals surface area contributed by atoms with Gasteiger partial charge in [0.1, 0.15) is 17.8 Å². The van der Waals surface area contributed by atoms with Crippen LogP contribution in [0.3, 0.4) is 0 Å². The second kappa shape index (κ2) is 11.2. The van der Waals surface area contributed by atoms with Gasteiger partial charge in [0.25, 0.3) is 12.0 Å². The molecule has 43 heavy (non-hydrogen) atoms. The number of halogens is 2. The molecule has 14 heteroatoms. The molecule has 0 saturated carbocycles. The van der Waals surface area contributed by atoms with Gasteiger partial charge in [-0.1, -0.05) is 0 Å². The molecule has 12 nitrogen and oxygen atoms in total. The third-order valence-electron chi connectivity index (χ3n) is 8.52. The molecule has 0 spiro atoms. The quantitative estimate of drug-likeness (QED) is 0.316. The standard InChI is InChI=1S/C29H34F2N8O4/c1-28(42)7-12-36(17-28)20-3-5-21(6-4-20)39-26-22(16-34-39)27(41)37(19-32-26)18-29(43)8-13-35(14-9-29)24(40)15-23(25(30)31)38-11-2-10-33-38/h2-6,10-11,16,19,23,25,42-43H,7-9,12-15,17-18H2,1H3/t23-,28+/m1/s1. The van der Waals surface area contributed by atoms with Crippen LogP contribution in [0.5, 0.6) is 0 Å². The summed E-state index contributed by atoms with van der Waals surface area (Å²) in [6, 6.07) is 7.84. The number of fused-ring (bicyclic) bond motifs is 1. The summed E-state index contributed by atoms with van der Waals surface area (Å²) in [5.74, 6) is -0.434. The number of anilines is 1. The lowest BCUT2D eigenvalue weighted by atomic mass is 9.91. The lowest BCUT2D eigenvalue weighted by Gasteiger charge is -2.38. The highest BCUT2D eigenvalue weighted by Crippen LogP contribution is 2.29. The van der Waals surface area contributed by atoms with Crippen molar-refractivity contribution in [3.8, 4) is 5.69 Å². The van der Waals surface area contributed by atoms with E-state index >= 15 is 0 Å². The van der Waals surface area contributed by atoms with Gasteiger partial charge in [-0.25, -0.2) is 18.4 Å². The summed E-state index contributed by atoms with van der Waals surface area (Å²) in [7, 11) is 0. The first-order valence-electron chi connectivity index (χ1n) is 14.3. The average molecular weight is 597 g/mol. The summed E-state index contributed by atoms with van der Waals surface area (Å²) >= 11 is 0. The zero-order valence-electron chi connectivity index (χ0n) is 23.8. The molecule has 0 bridgehead atoms. The van der Waals surface area contributed by atoms with Gasteiger partial charge in [-0.2, -0.15) is 10.2 Å². The van der Waals surface area contributed by atoms with E-state index in [4.69, 9.17) is 0 Å². The Morgan fingerprint density at radius 1 is 1.05 bits per heavy atom. The number of hydrogen-bond donors (Lipinski definition) is 2. The predicted octanol–water partition coefficient (Wildman–Crippen LogP) is 1.99. The van der Waals surface area contributed by atoms with E-state index in [1.165, 1.54) is 40.5 Å². The molecule has 1 amide bonds. The van der Waals surface area contributed by atoms with Gasteiger partial charge in [-0.05, 0) is 56.5 Å². The highest BCUT2D eigenvalue weighted by molar-refractivity contribution is 5.77. The zero-order valence-corrected chi connectivity index (χ0v) is 23.8. The molecule has 6 rings (SSSR count). The molecular weight excluding hydrogens is 562 g/mol. The van der Waals surface area contributed by atoms with Crippen LogP contribution in [-0.4, -0.2) is 93.9 Å². The smallest absolute Gasteiger partial charge is 0.264 e. The molecular formula is C29H34F2N8O4. The number of alkyl halides is 2. The fourth-order valence-electron chi connectivity index (χ4n) is 5.95. The van der Waals surface area contributed by atoms with E-state index in [2.05, 4.69) is 20.1 Å². The summed E-state index contributed by atoms with van der Waals surface area (Å²) in [6.45, 7) is 3.49. The van der Waals surface area contributed by atoms with Crippen LogP contribution in [0.25, 0.3) is 16.7 Å². The summed E-state index contributed by atoms with van der Waals surface area (Å²) in [5.41, 5.74) is -0.225. The van der Waals surface area contributed by atoms with Crippen molar-refractivity contribution in [2.75, 3.05) is 31.1 Å². The van der Waals surface area contributed by atoms with E-state index < -0.39 is 36.0 Å². The Bertz CT molecular complexity index is 1640. The molecule has 2 N–H and O–H groups in total. The monoisotopic (exact) mass is 596 g/mol. The number of β-amino-alcohol motifs (C(OH)–C–C–N with tert-alkyl or cyclic N) is 1. The number of nitrogens with zero attached hydrogens (tertiary/aromatic N) is 8.